The van der Waals surface area contributed by atoms with Gasteiger partial charge in [-0.3, -0.25) is 4.79 Å². The van der Waals surface area contributed by atoms with Crippen molar-refractivity contribution < 1.29 is 28.6 Å². The molecule has 11 nitrogen and oxygen atoms in total. The van der Waals surface area contributed by atoms with Crippen LogP contribution in [0.25, 0.3) is 11.4 Å². The van der Waals surface area contributed by atoms with E-state index in [1.165, 1.54) is 19.0 Å². The number of ether oxygens (including phenoxy) is 3. The molecule has 11 heteroatoms. The van der Waals surface area contributed by atoms with Crippen molar-refractivity contribution in [1.82, 2.24) is 20.2 Å². The molecule has 4 aromatic rings. The fourth-order valence-electron chi connectivity index (χ4n) is 3.28. The van der Waals surface area contributed by atoms with Crippen LogP contribution in [0.2, 0.25) is 0 Å². The van der Waals surface area contributed by atoms with E-state index in [4.69, 9.17) is 9.47 Å². The highest BCUT2D eigenvalue weighted by atomic mass is 16.5. The highest BCUT2D eigenvalue weighted by Gasteiger charge is 2.11. The number of hydrogen-bond donors (Lipinski definition) is 1. The van der Waals surface area contributed by atoms with Crippen LogP contribution in [0.3, 0.4) is 0 Å². The highest BCUT2D eigenvalue weighted by Crippen LogP contribution is 2.20. The average molecular weight is 501 g/mol. The molecule has 1 N–H and O–H groups in total. The molecule has 188 valence electrons. The minimum atomic E-state index is -0.455. The molecule has 1 heterocycles. The minimum absolute atomic E-state index is 0.137. The summed E-state index contributed by atoms with van der Waals surface area (Å²) in [6, 6.07) is 20.4. The van der Waals surface area contributed by atoms with Gasteiger partial charge in [0, 0.05) is 11.3 Å². The first-order valence-corrected chi connectivity index (χ1v) is 11.1. The number of hydrogen-bond acceptors (Lipinski definition) is 9. The minimum Gasteiger partial charge on any atom is -0.489 e. The maximum Gasteiger partial charge on any atom is 0.337 e. The number of carbonyl (C=O) groups excluding carboxylic acids is 3. The van der Waals surface area contributed by atoms with Gasteiger partial charge in [-0.2, -0.15) is 4.80 Å². The van der Waals surface area contributed by atoms with Crippen LogP contribution in [0.1, 0.15) is 26.3 Å². The molecule has 0 aliphatic rings. The Kier molecular flexibility index (Phi) is 7.84. The third-order valence-corrected chi connectivity index (χ3v) is 5.22. The van der Waals surface area contributed by atoms with Gasteiger partial charge in [-0.05, 0) is 71.4 Å². The molecule has 0 aliphatic heterocycles. The lowest BCUT2D eigenvalue weighted by Crippen LogP contribution is -2.20. The van der Waals surface area contributed by atoms with Gasteiger partial charge in [0.15, 0.2) is 0 Å². The van der Waals surface area contributed by atoms with Crippen molar-refractivity contribution in [2.75, 3.05) is 19.5 Å². The lowest BCUT2D eigenvalue weighted by molar-refractivity contribution is -0.117. The summed E-state index contributed by atoms with van der Waals surface area (Å²) >= 11 is 0. The average Bonchev–Trinajstić information content (AvgIpc) is 3.40. The summed E-state index contributed by atoms with van der Waals surface area (Å²) in [4.78, 5) is 36.5. The Labute approximate surface area is 212 Å². The molecular formula is C26H23N5O6. The second kappa shape index (κ2) is 11.6. The topological polar surface area (TPSA) is 135 Å². The van der Waals surface area contributed by atoms with E-state index in [1.807, 2.05) is 0 Å². The lowest BCUT2D eigenvalue weighted by Gasteiger charge is -2.07. The van der Waals surface area contributed by atoms with Gasteiger partial charge in [0.1, 0.15) is 18.9 Å². The molecule has 0 unspecified atom stereocenters. The van der Waals surface area contributed by atoms with Crippen molar-refractivity contribution in [3.63, 3.8) is 0 Å². The molecule has 4 rings (SSSR count). The summed E-state index contributed by atoms with van der Waals surface area (Å²) in [7, 11) is 2.64. The number of tetrazole rings is 1. The van der Waals surface area contributed by atoms with Crippen LogP contribution in [0.4, 0.5) is 5.69 Å². The van der Waals surface area contributed by atoms with Gasteiger partial charge in [0.2, 0.25) is 11.7 Å². The summed E-state index contributed by atoms with van der Waals surface area (Å²) in [5.41, 5.74) is 2.99. The molecule has 0 aliphatic carbocycles. The summed E-state index contributed by atoms with van der Waals surface area (Å²) in [6.07, 6.45) is 0. The Balaban J connectivity index is 1.29. The van der Waals surface area contributed by atoms with Crippen LogP contribution in [-0.2, 0) is 27.4 Å². The van der Waals surface area contributed by atoms with E-state index in [-0.39, 0.29) is 18.4 Å². The van der Waals surface area contributed by atoms with Crippen molar-refractivity contribution in [2.45, 2.75) is 13.2 Å². The number of methoxy groups -OCH3 is 2. The standard InChI is InChI=1S/C26H23N5O6/c1-35-25(33)19-5-3-17(4-6-19)16-37-22-13-9-18(10-14-22)24-28-30-31(29-24)15-23(32)27-21-11-7-20(8-12-21)26(34)36-2/h3-14H,15-16H2,1-2H3,(H,27,32). The number of nitrogens with zero attached hydrogens (tertiary/aromatic N) is 4. The van der Waals surface area contributed by atoms with Gasteiger partial charge in [-0.15, -0.1) is 10.2 Å². The van der Waals surface area contributed by atoms with Gasteiger partial charge >= 0.3 is 11.9 Å². The first-order valence-electron chi connectivity index (χ1n) is 11.1. The van der Waals surface area contributed by atoms with Gasteiger partial charge in [-0.1, -0.05) is 12.1 Å². The van der Waals surface area contributed by atoms with Crippen LogP contribution in [0, 0.1) is 0 Å². The van der Waals surface area contributed by atoms with Gasteiger partial charge < -0.3 is 19.5 Å². The van der Waals surface area contributed by atoms with Crippen LogP contribution >= 0.6 is 0 Å². The smallest absolute Gasteiger partial charge is 0.337 e. The Morgan fingerprint density at radius 1 is 0.811 bits per heavy atom. The van der Waals surface area contributed by atoms with Gasteiger partial charge in [0.25, 0.3) is 0 Å². The van der Waals surface area contributed by atoms with E-state index >= 15 is 0 Å². The number of nitrogens with one attached hydrogen (secondary N) is 1. The lowest BCUT2D eigenvalue weighted by atomic mass is 10.1. The van der Waals surface area contributed by atoms with E-state index in [9.17, 15) is 14.4 Å². The predicted octanol–water partition coefficient (Wildman–Crippen LogP) is 3.13. The zero-order chi connectivity index (χ0) is 26.2. The second-order valence-corrected chi connectivity index (χ2v) is 7.76. The van der Waals surface area contributed by atoms with E-state index in [1.54, 1.807) is 72.8 Å². The van der Waals surface area contributed by atoms with Crippen LogP contribution in [-0.4, -0.2) is 52.3 Å². The summed E-state index contributed by atoms with van der Waals surface area (Å²) < 4.78 is 15.1. The summed E-state index contributed by atoms with van der Waals surface area (Å²) in [6.45, 7) is 0.192. The third-order valence-electron chi connectivity index (χ3n) is 5.22. The molecule has 1 amide bonds. The monoisotopic (exact) mass is 501 g/mol. The largest absolute Gasteiger partial charge is 0.489 e. The van der Waals surface area contributed by atoms with Gasteiger partial charge in [-0.25, -0.2) is 9.59 Å². The van der Waals surface area contributed by atoms with Gasteiger partial charge in [0.05, 0.1) is 25.3 Å². The van der Waals surface area contributed by atoms with E-state index in [2.05, 4.69) is 25.5 Å². The quantitative estimate of drug-likeness (QED) is 0.343. The molecule has 0 fully saturated rings. The summed E-state index contributed by atoms with van der Waals surface area (Å²) in [5.74, 6) is -0.186. The van der Waals surface area contributed by atoms with E-state index in [0.717, 1.165) is 5.56 Å². The summed E-state index contributed by atoms with van der Waals surface area (Å²) in [5, 5.41) is 14.9. The number of esters is 2. The van der Waals surface area contributed by atoms with Crippen molar-refractivity contribution >= 4 is 23.5 Å². The highest BCUT2D eigenvalue weighted by molar-refractivity contribution is 5.93. The first-order chi connectivity index (χ1) is 17.9. The van der Waals surface area contributed by atoms with Crippen molar-refractivity contribution in [3.8, 4) is 17.1 Å². The van der Waals surface area contributed by atoms with Crippen molar-refractivity contribution in [2.24, 2.45) is 0 Å². The predicted molar refractivity (Wildman–Crippen MR) is 132 cm³/mol. The Hall–Kier alpha value is -5.06. The second-order valence-electron chi connectivity index (χ2n) is 7.76. The maximum absolute atomic E-state index is 12.3. The molecule has 0 saturated heterocycles. The fourth-order valence-corrected chi connectivity index (χ4v) is 3.28. The van der Waals surface area contributed by atoms with E-state index < -0.39 is 5.97 Å². The molecule has 0 spiro atoms. The number of amides is 1. The molecule has 0 atom stereocenters. The SMILES string of the molecule is COC(=O)c1ccc(COc2ccc(-c3nnn(CC(=O)Nc4ccc(C(=O)OC)cc4)n3)cc2)cc1. The van der Waals surface area contributed by atoms with E-state index in [0.29, 0.717) is 40.6 Å². The normalized spacial score (nSPS) is 10.4. The van der Waals surface area contributed by atoms with Crippen LogP contribution in [0.5, 0.6) is 5.75 Å². The molecular weight excluding hydrogens is 478 g/mol. The van der Waals surface area contributed by atoms with Crippen LogP contribution in [0.15, 0.2) is 72.8 Å². The number of anilines is 1. The zero-order valence-electron chi connectivity index (χ0n) is 20.1. The van der Waals surface area contributed by atoms with Crippen molar-refractivity contribution in [1.29, 1.82) is 0 Å². The molecule has 0 bridgehead atoms. The first kappa shape index (κ1) is 25.0. The Morgan fingerprint density at radius 3 is 2.00 bits per heavy atom. The Bertz CT molecular complexity index is 1380. The third kappa shape index (κ3) is 6.54. The number of carbonyl (C=O) groups is 3. The fraction of sp³-hybridized carbons (Fsp3) is 0.154. The van der Waals surface area contributed by atoms with Crippen LogP contribution < -0.4 is 10.1 Å². The van der Waals surface area contributed by atoms with Crippen molar-refractivity contribution in [3.05, 3.63) is 89.5 Å². The number of aromatic nitrogens is 4. The maximum atomic E-state index is 12.3. The number of benzene rings is 3. The molecule has 0 radical (unpaired) electrons. The Morgan fingerprint density at radius 2 is 1.41 bits per heavy atom. The molecule has 37 heavy (non-hydrogen) atoms. The number of rotatable bonds is 9. The molecule has 1 aromatic heterocycles. The molecule has 0 saturated carbocycles. The molecule has 3 aromatic carbocycles. The zero-order valence-corrected chi connectivity index (χ0v) is 20.1.